The summed E-state index contributed by atoms with van der Waals surface area (Å²) in [6.45, 7) is 4.22. The Bertz CT molecular complexity index is 185. The van der Waals surface area contributed by atoms with Crippen LogP contribution in [-0.2, 0) is 0 Å². The fourth-order valence-electron chi connectivity index (χ4n) is 3.05. The van der Waals surface area contributed by atoms with Gasteiger partial charge in [-0.25, -0.2) is 0 Å². The minimum absolute atomic E-state index is 0.0349. The first-order valence-corrected chi connectivity index (χ1v) is 4.95. The van der Waals surface area contributed by atoms with E-state index in [2.05, 4.69) is 13.8 Å². The Balaban J connectivity index is 2.00. The zero-order valence-corrected chi connectivity index (χ0v) is 7.96. The molecule has 0 aromatic heterocycles. The maximum absolute atomic E-state index is 9.45. The molecule has 2 saturated carbocycles. The minimum Gasteiger partial charge on any atom is -0.393 e. The molecule has 2 aliphatic carbocycles. The number of fused-ring (bicyclic) bond motifs is 1. The highest BCUT2D eigenvalue weighted by Gasteiger charge is 2.51. The number of nitrogens with two attached hydrogens (primary N) is 1. The number of aliphatic hydroxyl groups is 1. The van der Waals surface area contributed by atoms with Crippen LogP contribution in [0.2, 0.25) is 0 Å². The Morgan fingerprint density at radius 2 is 1.92 bits per heavy atom. The topological polar surface area (TPSA) is 46.2 Å². The van der Waals surface area contributed by atoms with Crippen molar-refractivity contribution in [1.82, 2.24) is 0 Å². The van der Waals surface area contributed by atoms with E-state index >= 15 is 0 Å². The van der Waals surface area contributed by atoms with Crippen molar-refractivity contribution >= 4 is 0 Å². The molecule has 4 atom stereocenters. The summed E-state index contributed by atoms with van der Waals surface area (Å²) in [5.41, 5.74) is 6.02. The third-order valence-electron chi connectivity index (χ3n) is 3.75. The van der Waals surface area contributed by atoms with Gasteiger partial charge in [0.1, 0.15) is 0 Å². The summed E-state index contributed by atoms with van der Waals surface area (Å²) in [6.07, 6.45) is 3.23. The van der Waals surface area contributed by atoms with Gasteiger partial charge in [0.05, 0.1) is 6.10 Å². The molecule has 70 valence electrons. The molecule has 2 nitrogen and oxygen atoms in total. The van der Waals surface area contributed by atoms with E-state index in [1.807, 2.05) is 0 Å². The normalized spacial score (nSPS) is 47.0. The van der Waals surface area contributed by atoms with Crippen LogP contribution in [0.1, 0.15) is 33.1 Å². The molecule has 0 aromatic carbocycles. The molecule has 2 unspecified atom stereocenters. The molecule has 0 radical (unpaired) electrons. The maximum atomic E-state index is 9.45. The van der Waals surface area contributed by atoms with Gasteiger partial charge in [-0.2, -0.15) is 0 Å². The average molecular weight is 169 g/mol. The van der Waals surface area contributed by atoms with E-state index in [0.29, 0.717) is 5.92 Å². The Labute approximate surface area is 74.1 Å². The molecule has 3 N–H and O–H groups in total. The fraction of sp³-hybridized carbons (Fsp3) is 1.00. The number of hydrogen-bond donors (Lipinski definition) is 2. The smallest absolute Gasteiger partial charge is 0.0545 e. The maximum Gasteiger partial charge on any atom is 0.0545 e. The second-order valence-electron chi connectivity index (χ2n) is 5.21. The van der Waals surface area contributed by atoms with Gasteiger partial charge in [-0.3, -0.25) is 0 Å². The first-order chi connectivity index (χ1) is 5.48. The summed E-state index contributed by atoms with van der Waals surface area (Å²) < 4.78 is 0. The van der Waals surface area contributed by atoms with Crippen LogP contribution in [0, 0.1) is 17.8 Å². The van der Waals surface area contributed by atoms with Crippen LogP contribution >= 0.6 is 0 Å². The highest BCUT2D eigenvalue weighted by atomic mass is 16.3. The predicted molar refractivity (Wildman–Crippen MR) is 48.6 cm³/mol. The molecule has 0 heterocycles. The first-order valence-electron chi connectivity index (χ1n) is 4.95. The molecule has 0 aromatic rings. The zero-order valence-electron chi connectivity index (χ0n) is 7.96. The minimum atomic E-state index is -0.0365. The van der Waals surface area contributed by atoms with Gasteiger partial charge in [0.15, 0.2) is 0 Å². The molecule has 2 fully saturated rings. The zero-order chi connectivity index (χ0) is 8.93. The van der Waals surface area contributed by atoms with E-state index in [4.69, 9.17) is 5.73 Å². The van der Waals surface area contributed by atoms with Gasteiger partial charge in [-0.05, 0) is 50.9 Å². The Kier molecular flexibility index (Phi) is 1.74. The van der Waals surface area contributed by atoms with Gasteiger partial charge in [0.25, 0.3) is 0 Å². The Morgan fingerprint density at radius 1 is 1.25 bits per heavy atom. The van der Waals surface area contributed by atoms with E-state index in [-0.39, 0.29) is 11.6 Å². The molecule has 0 spiro atoms. The van der Waals surface area contributed by atoms with E-state index in [1.165, 1.54) is 6.42 Å². The molecule has 2 rings (SSSR count). The summed E-state index contributed by atoms with van der Waals surface area (Å²) in [6, 6.07) is 0. The van der Waals surface area contributed by atoms with Gasteiger partial charge in [0, 0.05) is 5.54 Å². The molecular formula is C10H19NO. The van der Waals surface area contributed by atoms with Crippen molar-refractivity contribution in [2.24, 2.45) is 23.5 Å². The van der Waals surface area contributed by atoms with E-state index in [0.717, 1.165) is 24.7 Å². The number of hydrogen-bond acceptors (Lipinski definition) is 2. The largest absolute Gasteiger partial charge is 0.393 e. The van der Waals surface area contributed by atoms with Crippen LogP contribution in [0.5, 0.6) is 0 Å². The third-order valence-corrected chi connectivity index (χ3v) is 3.75. The molecular weight excluding hydrogens is 150 g/mol. The molecule has 0 saturated heterocycles. The van der Waals surface area contributed by atoms with Crippen molar-refractivity contribution in [3.05, 3.63) is 0 Å². The van der Waals surface area contributed by atoms with Crippen molar-refractivity contribution in [2.75, 3.05) is 0 Å². The van der Waals surface area contributed by atoms with E-state index in [1.54, 1.807) is 0 Å². The second kappa shape index (κ2) is 2.46. The van der Waals surface area contributed by atoms with Gasteiger partial charge >= 0.3 is 0 Å². The van der Waals surface area contributed by atoms with Gasteiger partial charge in [-0.15, -0.1) is 0 Å². The van der Waals surface area contributed by atoms with E-state index < -0.39 is 0 Å². The van der Waals surface area contributed by atoms with Crippen molar-refractivity contribution in [1.29, 1.82) is 0 Å². The van der Waals surface area contributed by atoms with Crippen LogP contribution in [-0.4, -0.2) is 16.7 Å². The third kappa shape index (κ3) is 1.17. The lowest BCUT2D eigenvalue weighted by Crippen LogP contribution is -2.51. The standard InChI is InChI=1S/C10H19NO/c1-10(2,11)9-4-6-3-7(12)5-8(6)9/h6-9,12H,3-5,11H2,1-2H3/t6?,7-,8-,9?/m1/s1. The molecule has 0 amide bonds. The summed E-state index contributed by atoms with van der Waals surface area (Å²) in [5.74, 6) is 2.16. The molecule has 0 bridgehead atoms. The predicted octanol–water partition coefficient (Wildman–Crippen LogP) is 1.13. The first kappa shape index (κ1) is 8.52. The van der Waals surface area contributed by atoms with Crippen molar-refractivity contribution in [3.63, 3.8) is 0 Å². The van der Waals surface area contributed by atoms with Crippen molar-refractivity contribution in [2.45, 2.75) is 44.8 Å². The SMILES string of the molecule is CC(C)(N)C1CC2C[C@@H](O)C[C@H]21. The lowest BCUT2D eigenvalue weighted by molar-refractivity contribution is 0.0449. The highest BCUT2D eigenvalue weighted by molar-refractivity contribution is 5.03. The summed E-state index contributed by atoms with van der Waals surface area (Å²) in [7, 11) is 0. The van der Waals surface area contributed by atoms with E-state index in [9.17, 15) is 5.11 Å². The number of rotatable bonds is 1. The average Bonchev–Trinajstić information content (AvgIpc) is 2.11. The summed E-state index contributed by atoms with van der Waals surface area (Å²) >= 11 is 0. The van der Waals surface area contributed by atoms with Crippen LogP contribution in [0.4, 0.5) is 0 Å². The Morgan fingerprint density at radius 3 is 2.42 bits per heavy atom. The van der Waals surface area contributed by atoms with Crippen LogP contribution < -0.4 is 5.73 Å². The lowest BCUT2D eigenvalue weighted by Gasteiger charge is -2.47. The quantitative estimate of drug-likeness (QED) is 0.618. The Hall–Kier alpha value is -0.0800. The van der Waals surface area contributed by atoms with Crippen molar-refractivity contribution in [3.8, 4) is 0 Å². The molecule has 12 heavy (non-hydrogen) atoms. The molecule has 0 aliphatic heterocycles. The lowest BCUT2D eigenvalue weighted by atomic mass is 9.60. The van der Waals surface area contributed by atoms with Crippen LogP contribution in [0.25, 0.3) is 0 Å². The van der Waals surface area contributed by atoms with Gasteiger partial charge < -0.3 is 10.8 Å². The van der Waals surface area contributed by atoms with Gasteiger partial charge in [0.2, 0.25) is 0 Å². The summed E-state index contributed by atoms with van der Waals surface area (Å²) in [5, 5.41) is 9.45. The van der Waals surface area contributed by atoms with Crippen molar-refractivity contribution < 1.29 is 5.11 Å². The summed E-state index contributed by atoms with van der Waals surface area (Å²) in [4.78, 5) is 0. The second-order valence-corrected chi connectivity index (χ2v) is 5.21. The van der Waals surface area contributed by atoms with Gasteiger partial charge in [-0.1, -0.05) is 0 Å². The highest BCUT2D eigenvalue weighted by Crippen LogP contribution is 2.54. The number of aliphatic hydroxyl groups excluding tert-OH is 1. The fourth-order valence-corrected chi connectivity index (χ4v) is 3.05. The molecule has 2 aliphatic rings. The molecule has 2 heteroatoms. The monoisotopic (exact) mass is 169 g/mol. The van der Waals surface area contributed by atoms with Crippen LogP contribution in [0.15, 0.2) is 0 Å². The van der Waals surface area contributed by atoms with Crippen LogP contribution in [0.3, 0.4) is 0 Å².